The fourth-order valence-corrected chi connectivity index (χ4v) is 3.61. The molecule has 32 heavy (non-hydrogen) atoms. The van der Waals surface area contributed by atoms with Gasteiger partial charge in [-0.2, -0.15) is 0 Å². The highest BCUT2D eigenvalue weighted by molar-refractivity contribution is 14.0. The maximum atomic E-state index is 12.3. The smallest absolute Gasteiger partial charge is 0.253 e. The molecular weight excluding hydrogens is 515 g/mol. The first-order chi connectivity index (χ1) is 15.0. The number of nitrogens with one attached hydrogen (secondary N) is 3. The predicted molar refractivity (Wildman–Crippen MR) is 142 cm³/mol. The van der Waals surface area contributed by atoms with Gasteiger partial charge in [0.25, 0.3) is 5.91 Å². The van der Waals surface area contributed by atoms with Crippen molar-refractivity contribution in [1.29, 1.82) is 0 Å². The molecule has 0 aromatic heterocycles. The first-order valence-corrected chi connectivity index (χ1v) is 11.2. The van der Waals surface area contributed by atoms with Crippen LogP contribution in [0, 0.1) is 6.92 Å². The summed E-state index contributed by atoms with van der Waals surface area (Å²) in [4.78, 5) is 17.0. The third-order valence-corrected chi connectivity index (χ3v) is 5.37. The molecule has 1 aliphatic heterocycles. The van der Waals surface area contributed by atoms with Crippen molar-refractivity contribution in [2.24, 2.45) is 4.99 Å². The molecule has 3 N–H and O–H groups in total. The highest BCUT2D eigenvalue weighted by Crippen LogP contribution is 2.17. The van der Waals surface area contributed by atoms with Crippen molar-refractivity contribution in [2.75, 3.05) is 25.0 Å². The summed E-state index contributed by atoms with van der Waals surface area (Å²) in [5, 5.41) is 9.71. The Morgan fingerprint density at radius 3 is 2.72 bits per heavy atom. The maximum absolute atomic E-state index is 12.3. The van der Waals surface area contributed by atoms with Crippen LogP contribution in [0.15, 0.2) is 53.5 Å². The Balaban J connectivity index is 0.00000363. The summed E-state index contributed by atoms with van der Waals surface area (Å²) in [7, 11) is 0. The zero-order valence-electron chi connectivity index (χ0n) is 19.2. The van der Waals surface area contributed by atoms with Crippen LogP contribution in [0.4, 0.5) is 5.69 Å². The molecule has 1 aliphatic rings. The zero-order valence-corrected chi connectivity index (χ0v) is 21.5. The predicted octanol–water partition coefficient (Wildman–Crippen LogP) is 4.59. The minimum Gasteiger partial charge on any atom is -0.368 e. The summed E-state index contributed by atoms with van der Waals surface area (Å²) in [6.45, 7) is 9.17. The van der Waals surface area contributed by atoms with Gasteiger partial charge in [0.05, 0.1) is 6.54 Å². The molecular formula is C25H35IN4O2. The monoisotopic (exact) mass is 550 g/mol. The molecule has 3 rings (SSSR count). The number of hydrogen-bond donors (Lipinski definition) is 3. The topological polar surface area (TPSA) is 74.8 Å². The van der Waals surface area contributed by atoms with Crippen molar-refractivity contribution in [1.82, 2.24) is 10.6 Å². The lowest BCUT2D eigenvalue weighted by atomic mass is 9.99. The molecule has 1 heterocycles. The van der Waals surface area contributed by atoms with Crippen LogP contribution in [-0.4, -0.2) is 37.7 Å². The van der Waals surface area contributed by atoms with Crippen molar-refractivity contribution in [3.05, 3.63) is 65.2 Å². The summed E-state index contributed by atoms with van der Waals surface area (Å²) in [5.41, 5.74) is 4.41. The highest BCUT2D eigenvalue weighted by Gasteiger charge is 2.23. The number of benzene rings is 2. The van der Waals surface area contributed by atoms with Gasteiger partial charge in [0, 0.05) is 25.4 Å². The fourth-order valence-electron chi connectivity index (χ4n) is 3.61. The number of aryl methyl sites for hydroxylation is 1. The quantitative estimate of drug-likeness (QED) is 0.256. The molecule has 1 amide bonds. The average Bonchev–Trinajstić information content (AvgIpc) is 3.31. The molecule has 0 saturated carbocycles. The summed E-state index contributed by atoms with van der Waals surface area (Å²) >= 11 is 0. The number of guanidine groups is 1. The Bertz CT molecular complexity index is 897. The number of nitrogens with zero attached hydrogens (tertiary/aromatic N) is 1. The maximum Gasteiger partial charge on any atom is 0.253 e. The van der Waals surface area contributed by atoms with Gasteiger partial charge in [0.2, 0.25) is 0 Å². The first kappa shape index (κ1) is 26.1. The number of aliphatic imine (C=N–C) groups is 1. The standard InChI is InChI=1S/C25H34N4O2.HI/c1-4-26-25(27-16-19(3)21-10-5-8-18(2)14-21)28-17-20-9-6-11-22(15-20)29-24(30)23-12-7-13-31-23;/h5-6,8-11,14-15,19,23H,4,7,12-13,16-17H2,1-3H3,(H,29,30)(H2,26,27,28);1H. The molecule has 0 aliphatic carbocycles. The van der Waals surface area contributed by atoms with E-state index < -0.39 is 0 Å². The van der Waals surface area contributed by atoms with E-state index in [4.69, 9.17) is 9.73 Å². The third-order valence-electron chi connectivity index (χ3n) is 5.37. The Kier molecular flexibility index (Phi) is 11.0. The minimum absolute atomic E-state index is 0. The van der Waals surface area contributed by atoms with Gasteiger partial charge in [-0.1, -0.05) is 48.9 Å². The van der Waals surface area contributed by atoms with E-state index in [9.17, 15) is 4.79 Å². The molecule has 174 valence electrons. The van der Waals surface area contributed by atoms with Crippen LogP contribution < -0.4 is 16.0 Å². The van der Waals surface area contributed by atoms with Gasteiger partial charge in [-0.05, 0) is 55.9 Å². The first-order valence-electron chi connectivity index (χ1n) is 11.2. The van der Waals surface area contributed by atoms with Crippen LogP contribution >= 0.6 is 24.0 Å². The molecule has 7 heteroatoms. The number of halogens is 1. The van der Waals surface area contributed by atoms with E-state index in [1.54, 1.807) is 0 Å². The number of carbonyl (C=O) groups is 1. The van der Waals surface area contributed by atoms with E-state index in [2.05, 4.69) is 61.0 Å². The van der Waals surface area contributed by atoms with Gasteiger partial charge in [0.15, 0.2) is 5.96 Å². The number of amides is 1. The Labute approximate surface area is 208 Å². The molecule has 0 radical (unpaired) electrons. The molecule has 0 spiro atoms. The number of carbonyl (C=O) groups excluding carboxylic acids is 1. The van der Waals surface area contributed by atoms with Crippen LogP contribution in [0.1, 0.15) is 49.3 Å². The number of rotatable bonds is 8. The summed E-state index contributed by atoms with van der Waals surface area (Å²) in [6, 6.07) is 16.4. The van der Waals surface area contributed by atoms with E-state index in [1.165, 1.54) is 11.1 Å². The Hall–Kier alpha value is -2.13. The summed E-state index contributed by atoms with van der Waals surface area (Å²) < 4.78 is 5.46. The third kappa shape index (κ3) is 8.09. The molecule has 0 bridgehead atoms. The summed E-state index contributed by atoms with van der Waals surface area (Å²) in [5.74, 6) is 1.09. The molecule has 6 nitrogen and oxygen atoms in total. The van der Waals surface area contributed by atoms with E-state index >= 15 is 0 Å². The SMILES string of the molecule is CCNC(=NCc1cccc(NC(=O)C2CCCO2)c1)NCC(C)c1cccc(C)c1.I. The Morgan fingerprint density at radius 2 is 2.00 bits per heavy atom. The highest BCUT2D eigenvalue weighted by atomic mass is 127. The second kappa shape index (κ2) is 13.4. The number of ether oxygens (including phenoxy) is 1. The molecule has 1 saturated heterocycles. The number of hydrogen-bond acceptors (Lipinski definition) is 3. The second-order valence-corrected chi connectivity index (χ2v) is 8.08. The Morgan fingerprint density at radius 1 is 1.19 bits per heavy atom. The molecule has 2 atom stereocenters. The van der Waals surface area contributed by atoms with Crippen LogP contribution in [0.25, 0.3) is 0 Å². The van der Waals surface area contributed by atoms with Crippen LogP contribution in [-0.2, 0) is 16.1 Å². The van der Waals surface area contributed by atoms with E-state index in [-0.39, 0.29) is 36.0 Å². The molecule has 2 aromatic carbocycles. The van der Waals surface area contributed by atoms with Gasteiger partial charge in [0.1, 0.15) is 6.10 Å². The second-order valence-electron chi connectivity index (χ2n) is 8.08. The molecule has 2 unspecified atom stereocenters. The van der Waals surface area contributed by atoms with Crippen molar-refractivity contribution < 1.29 is 9.53 Å². The largest absolute Gasteiger partial charge is 0.368 e. The zero-order chi connectivity index (χ0) is 22.1. The van der Waals surface area contributed by atoms with Gasteiger partial charge >= 0.3 is 0 Å². The van der Waals surface area contributed by atoms with Crippen molar-refractivity contribution >= 4 is 41.5 Å². The van der Waals surface area contributed by atoms with E-state index in [0.29, 0.717) is 19.1 Å². The van der Waals surface area contributed by atoms with Crippen LogP contribution in [0.2, 0.25) is 0 Å². The fraction of sp³-hybridized carbons (Fsp3) is 0.440. The van der Waals surface area contributed by atoms with Crippen molar-refractivity contribution in [3.8, 4) is 0 Å². The lowest BCUT2D eigenvalue weighted by Crippen LogP contribution is -2.39. The van der Waals surface area contributed by atoms with Gasteiger partial charge in [-0.25, -0.2) is 4.99 Å². The molecule has 2 aromatic rings. The summed E-state index contributed by atoms with van der Waals surface area (Å²) in [6.07, 6.45) is 1.39. The lowest BCUT2D eigenvalue weighted by Gasteiger charge is -2.17. The lowest BCUT2D eigenvalue weighted by molar-refractivity contribution is -0.124. The van der Waals surface area contributed by atoms with Crippen molar-refractivity contribution in [3.63, 3.8) is 0 Å². The van der Waals surface area contributed by atoms with Crippen LogP contribution in [0.3, 0.4) is 0 Å². The van der Waals surface area contributed by atoms with E-state index in [1.807, 2.05) is 24.3 Å². The molecule has 1 fully saturated rings. The number of anilines is 1. The van der Waals surface area contributed by atoms with Gasteiger partial charge < -0.3 is 20.7 Å². The van der Waals surface area contributed by atoms with Gasteiger partial charge in [-0.3, -0.25) is 4.79 Å². The van der Waals surface area contributed by atoms with Crippen LogP contribution in [0.5, 0.6) is 0 Å². The van der Waals surface area contributed by atoms with Gasteiger partial charge in [-0.15, -0.1) is 24.0 Å². The van der Waals surface area contributed by atoms with Crippen molar-refractivity contribution in [2.45, 2.75) is 52.2 Å². The van der Waals surface area contributed by atoms with E-state index in [0.717, 1.165) is 43.1 Å². The normalized spacial score (nSPS) is 16.7. The minimum atomic E-state index is -0.332. The average molecular weight is 550 g/mol.